The molecule has 0 aromatic carbocycles. The fraction of sp³-hybridized carbons (Fsp3) is 0. The quantitative estimate of drug-likeness (QED) is 0.529. The Bertz CT molecular complexity index is 352. The number of hydrogen-bond acceptors (Lipinski definition) is 3. The second kappa shape index (κ2) is 3.74. The van der Waals surface area contributed by atoms with Gasteiger partial charge in [0.15, 0.2) is 0 Å². The largest absolute Gasteiger partial charge is 0.397 e. The Labute approximate surface area is 75.1 Å². The zero-order chi connectivity index (χ0) is 8.97. The van der Waals surface area contributed by atoms with Crippen LogP contribution in [0.25, 0.3) is 6.08 Å². The maximum Gasteiger partial charge on any atom is 0.136 e. The Hall–Kier alpha value is -1.53. The summed E-state index contributed by atoms with van der Waals surface area (Å²) in [6, 6.07) is 3.51. The summed E-state index contributed by atoms with van der Waals surface area (Å²) in [6.07, 6.45) is 4.35. The molecule has 1 aromatic rings. The summed E-state index contributed by atoms with van der Waals surface area (Å²) in [7, 11) is 0. The normalized spacial score (nSPS) is 10.0. The van der Waals surface area contributed by atoms with E-state index in [4.69, 9.17) is 22.6 Å². The molecule has 0 aliphatic rings. The van der Waals surface area contributed by atoms with Gasteiger partial charge >= 0.3 is 0 Å². The van der Waals surface area contributed by atoms with Gasteiger partial charge in [0.25, 0.3) is 0 Å². The van der Waals surface area contributed by atoms with Crippen molar-refractivity contribution in [3.8, 4) is 6.07 Å². The SMILES string of the molecule is N#CC=Cc1cc(N)cnc1Cl. The Morgan fingerprint density at radius 1 is 1.67 bits per heavy atom. The molecular formula is C8H6ClN3. The molecule has 12 heavy (non-hydrogen) atoms. The van der Waals surface area contributed by atoms with E-state index in [1.54, 1.807) is 12.1 Å². The van der Waals surface area contributed by atoms with E-state index < -0.39 is 0 Å². The molecule has 4 heteroatoms. The van der Waals surface area contributed by atoms with Gasteiger partial charge in [0.05, 0.1) is 18.0 Å². The molecule has 0 saturated heterocycles. The monoisotopic (exact) mass is 179 g/mol. The first-order valence-electron chi connectivity index (χ1n) is 3.21. The van der Waals surface area contributed by atoms with Crippen LogP contribution in [0.4, 0.5) is 5.69 Å². The molecule has 0 bridgehead atoms. The van der Waals surface area contributed by atoms with Crippen LogP contribution in [0.5, 0.6) is 0 Å². The van der Waals surface area contributed by atoms with Gasteiger partial charge in [0.2, 0.25) is 0 Å². The Morgan fingerprint density at radius 2 is 2.42 bits per heavy atom. The van der Waals surface area contributed by atoms with E-state index >= 15 is 0 Å². The van der Waals surface area contributed by atoms with Crippen molar-refractivity contribution in [2.45, 2.75) is 0 Å². The van der Waals surface area contributed by atoms with Crippen molar-refractivity contribution in [1.82, 2.24) is 4.98 Å². The second-order valence-electron chi connectivity index (χ2n) is 2.11. The van der Waals surface area contributed by atoms with Gasteiger partial charge in [0.1, 0.15) is 5.15 Å². The lowest BCUT2D eigenvalue weighted by molar-refractivity contribution is 1.32. The van der Waals surface area contributed by atoms with Gasteiger partial charge in [0, 0.05) is 11.6 Å². The van der Waals surface area contributed by atoms with Crippen LogP contribution in [0.1, 0.15) is 5.56 Å². The minimum Gasteiger partial charge on any atom is -0.397 e. The number of nitriles is 1. The molecule has 1 heterocycles. The molecule has 0 spiro atoms. The zero-order valence-corrected chi connectivity index (χ0v) is 6.92. The summed E-state index contributed by atoms with van der Waals surface area (Å²) >= 11 is 5.70. The molecule has 0 saturated carbocycles. The van der Waals surface area contributed by atoms with Gasteiger partial charge in [-0.05, 0) is 12.1 Å². The first kappa shape index (κ1) is 8.57. The molecule has 0 atom stereocenters. The molecular weight excluding hydrogens is 174 g/mol. The molecule has 0 unspecified atom stereocenters. The maximum absolute atomic E-state index is 8.26. The van der Waals surface area contributed by atoms with Gasteiger partial charge in [-0.15, -0.1) is 0 Å². The highest BCUT2D eigenvalue weighted by molar-refractivity contribution is 6.30. The molecule has 1 aromatic heterocycles. The lowest BCUT2D eigenvalue weighted by Crippen LogP contribution is -1.88. The topological polar surface area (TPSA) is 62.7 Å². The van der Waals surface area contributed by atoms with Crippen LogP contribution in [-0.2, 0) is 0 Å². The third-order valence-electron chi connectivity index (χ3n) is 1.22. The van der Waals surface area contributed by atoms with E-state index in [-0.39, 0.29) is 0 Å². The lowest BCUT2D eigenvalue weighted by atomic mass is 10.2. The van der Waals surface area contributed by atoms with Gasteiger partial charge < -0.3 is 5.73 Å². The summed E-state index contributed by atoms with van der Waals surface area (Å²) in [5.74, 6) is 0. The van der Waals surface area contributed by atoms with Crippen molar-refractivity contribution in [2.24, 2.45) is 0 Å². The number of anilines is 1. The highest BCUT2D eigenvalue weighted by Crippen LogP contribution is 2.16. The number of allylic oxidation sites excluding steroid dienone is 1. The van der Waals surface area contributed by atoms with Crippen LogP contribution in [0.3, 0.4) is 0 Å². The number of nitrogens with two attached hydrogens (primary N) is 1. The molecule has 0 radical (unpaired) electrons. The maximum atomic E-state index is 8.26. The number of nitrogens with zero attached hydrogens (tertiary/aromatic N) is 2. The molecule has 0 aliphatic heterocycles. The summed E-state index contributed by atoms with van der Waals surface area (Å²) < 4.78 is 0. The molecule has 1 rings (SSSR count). The summed E-state index contributed by atoms with van der Waals surface area (Å²) in [5.41, 5.74) is 6.64. The van der Waals surface area contributed by atoms with Crippen molar-refractivity contribution in [3.63, 3.8) is 0 Å². The van der Waals surface area contributed by atoms with Crippen LogP contribution in [0, 0.1) is 11.3 Å². The van der Waals surface area contributed by atoms with Gasteiger partial charge in [-0.1, -0.05) is 11.6 Å². The van der Waals surface area contributed by atoms with Crippen molar-refractivity contribution in [2.75, 3.05) is 5.73 Å². The Balaban J connectivity index is 3.07. The predicted octanol–water partition coefficient (Wildman–Crippen LogP) is 1.85. The molecule has 60 valence electrons. The number of halogens is 1. The predicted molar refractivity (Wildman–Crippen MR) is 48.3 cm³/mol. The molecule has 0 fully saturated rings. The minimum absolute atomic E-state index is 0.343. The molecule has 0 amide bonds. The average Bonchev–Trinajstić information content (AvgIpc) is 2.07. The minimum atomic E-state index is 0.343. The summed E-state index contributed by atoms with van der Waals surface area (Å²) in [4.78, 5) is 3.81. The first-order chi connectivity index (χ1) is 5.74. The van der Waals surface area contributed by atoms with E-state index in [1.165, 1.54) is 12.3 Å². The number of nitrogen functional groups attached to an aromatic ring is 1. The third-order valence-corrected chi connectivity index (χ3v) is 1.54. The van der Waals surface area contributed by atoms with Crippen LogP contribution in [0.15, 0.2) is 18.3 Å². The van der Waals surface area contributed by atoms with Crippen LogP contribution < -0.4 is 5.73 Å². The highest BCUT2D eigenvalue weighted by Gasteiger charge is 1.96. The van der Waals surface area contributed by atoms with Gasteiger partial charge in [-0.2, -0.15) is 5.26 Å². The zero-order valence-electron chi connectivity index (χ0n) is 6.16. The molecule has 2 N–H and O–H groups in total. The number of aromatic nitrogens is 1. The van der Waals surface area contributed by atoms with E-state index in [2.05, 4.69) is 4.98 Å². The Kier molecular flexibility index (Phi) is 2.67. The van der Waals surface area contributed by atoms with Crippen molar-refractivity contribution in [1.29, 1.82) is 5.26 Å². The van der Waals surface area contributed by atoms with Crippen LogP contribution in [-0.4, -0.2) is 4.98 Å². The fourth-order valence-corrected chi connectivity index (χ4v) is 0.892. The standard InChI is InChI=1S/C8H6ClN3/c9-8-6(2-1-3-10)4-7(11)5-12-8/h1-2,4-5H,11H2. The highest BCUT2D eigenvalue weighted by atomic mass is 35.5. The van der Waals surface area contributed by atoms with E-state index in [1.807, 2.05) is 6.07 Å². The smallest absolute Gasteiger partial charge is 0.136 e. The Morgan fingerprint density at radius 3 is 3.08 bits per heavy atom. The van der Waals surface area contributed by atoms with Crippen molar-refractivity contribution in [3.05, 3.63) is 29.1 Å². The van der Waals surface area contributed by atoms with E-state index in [0.717, 1.165) is 0 Å². The van der Waals surface area contributed by atoms with Crippen molar-refractivity contribution >= 4 is 23.4 Å². The molecule has 3 nitrogen and oxygen atoms in total. The molecule has 0 aliphatic carbocycles. The number of rotatable bonds is 1. The fourth-order valence-electron chi connectivity index (χ4n) is 0.726. The van der Waals surface area contributed by atoms with E-state index in [9.17, 15) is 0 Å². The average molecular weight is 180 g/mol. The summed E-state index contributed by atoms with van der Waals surface area (Å²) in [5, 5.41) is 8.60. The van der Waals surface area contributed by atoms with Crippen LogP contribution >= 0.6 is 11.6 Å². The van der Waals surface area contributed by atoms with Gasteiger partial charge in [-0.3, -0.25) is 0 Å². The van der Waals surface area contributed by atoms with Gasteiger partial charge in [-0.25, -0.2) is 4.98 Å². The van der Waals surface area contributed by atoms with Crippen LogP contribution in [0.2, 0.25) is 5.15 Å². The lowest BCUT2D eigenvalue weighted by Gasteiger charge is -1.97. The first-order valence-corrected chi connectivity index (χ1v) is 3.59. The summed E-state index contributed by atoms with van der Waals surface area (Å²) in [6.45, 7) is 0. The third kappa shape index (κ3) is 1.97. The second-order valence-corrected chi connectivity index (χ2v) is 2.47. The number of hydrogen-bond donors (Lipinski definition) is 1. The van der Waals surface area contributed by atoms with Crippen molar-refractivity contribution < 1.29 is 0 Å². The van der Waals surface area contributed by atoms with E-state index in [0.29, 0.717) is 16.4 Å². The number of pyridine rings is 1.